The first kappa shape index (κ1) is 27.7. The van der Waals surface area contributed by atoms with Gasteiger partial charge < -0.3 is 20.9 Å². The highest BCUT2D eigenvalue weighted by Crippen LogP contribution is 2.19. The quantitative estimate of drug-likeness (QED) is 0.211. The molecule has 0 saturated heterocycles. The minimum absolute atomic E-state index is 0.227. The maximum atomic E-state index is 12.8. The van der Waals surface area contributed by atoms with Crippen LogP contribution >= 0.6 is 0 Å². The molecule has 0 aliphatic carbocycles. The molecule has 0 fully saturated rings. The lowest BCUT2D eigenvalue weighted by atomic mass is 10.1. The van der Waals surface area contributed by atoms with Crippen LogP contribution in [-0.2, 0) is 4.79 Å². The second-order valence-electron chi connectivity index (χ2n) is 8.42. The van der Waals surface area contributed by atoms with E-state index >= 15 is 0 Å². The Morgan fingerprint density at radius 3 is 2.24 bits per heavy atom. The summed E-state index contributed by atoms with van der Waals surface area (Å²) in [6.07, 6.45) is 8.42. The van der Waals surface area contributed by atoms with Gasteiger partial charge in [0, 0.05) is 66.3 Å². The van der Waals surface area contributed by atoms with Crippen molar-refractivity contribution in [3.63, 3.8) is 0 Å². The molecule has 0 atom stereocenters. The number of nitrogens with one attached hydrogen (secondary N) is 3. The molecule has 3 aromatic rings. The molecule has 0 spiro atoms. The first-order valence-electron chi connectivity index (χ1n) is 11.8. The van der Waals surface area contributed by atoms with Gasteiger partial charge in [-0.15, -0.1) is 0 Å². The van der Waals surface area contributed by atoms with Crippen LogP contribution in [0.4, 0.5) is 17.1 Å². The molecular formula is C29H31N7O2. The van der Waals surface area contributed by atoms with Crippen LogP contribution < -0.4 is 16.0 Å². The van der Waals surface area contributed by atoms with Gasteiger partial charge in [0.1, 0.15) is 5.84 Å². The average molecular weight is 510 g/mol. The van der Waals surface area contributed by atoms with E-state index in [1.54, 1.807) is 68.0 Å². The van der Waals surface area contributed by atoms with Gasteiger partial charge in [0.15, 0.2) is 0 Å². The minimum Gasteiger partial charge on any atom is -0.340 e. The molecule has 1 heterocycles. The zero-order valence-electron chi connectivity index (χ0n) is 21.7. The van der Waals surface area contributed by atoms with E-state index in [1.807, 2.05) is 43.3 Å². The van der Waals surface area contributed by atoms with Gasteiger partial charge in [-0.1, -0.05) is 12.1 Å². The Labute approximate surface area is 222 Å². The number of carbonyl (C=O) groups is 2. The maximum absolute atomic E-state index is 12.8. The predicted molar refractivity (Wildman–Crippen MR) is 156 cm³/mol. The molecule has 194 valence electrons. The molecule has 38 heavy (non-hydrogen) atoms. The lowest BCUT2D eigenvalue weighted by molar-refractivity contribution is -0.111. The van der Waals surface area contributed by atoms with Crippen molar-refractivity contribution in [3.8, 4) is 0 Å². The molecule has 2 aromatic carbocycles. The number of aliphatic imine (C=N–C) groups is 2. The molecule has 3 rings (SSSR count). The van der Waals surface area contributed by atoms with Crippen molar-refractivity contribution < 1.29 is 9.59 Å². The summed E-state index contributed by atoms with van der Waals surface area (Å²) in [5.74, 6) is 0.0721. The number of aromatic nitrogens is 1. The fourth-order valence-corrected chi connectivity index (χ4v) is 3.31. The van der Waals surface area contributed by atoms with Gasteiger partial charge in [-0.05, 0) is 75.4 Å². The number of hydrogen-bond acceptors (Lipinski definition) is 6. The lowest BCUT2D eigenvalue weighted by Crippen LogP contribution is -2.14. The first-order chi connectivity index (χ1) is 18.4. The summed E-state index contributed by atoms with van der Waals surface area (Å²) in [5, 5.41) is 8.90. The second-order valence-corrected chi connectivity index (χ2v) is 8.42. The highest BCUT2D eigenvalue weighted by Gasteiger charge is 2.08. The molecule has 9 nitrogen and oxygen atoms in total. The molecule has 0 radical (unpaired) electrons. The third-order valence-corrected chi connectivity index (χ3v) is 5.21. The van der Waals surface area contributed by atoms with Crippen molar-refractivity contribution >= 4 is 47.1 Å². The lowest BCUT2D eigenvalue weighted by Gasteiger charge is -2.11. The fraction of sp³-hybridized carbons (Fsp3) is 0.138. The van der Waals surface area contributed by atoms with Crippen molar-refractivity contribution in [2.45, 2.75) is 0 Å². The van der Waals surface area contributed by atoms with Crippen LogP contribution in [-0.4, -0.2) is 61.9 Å². The zero-order valence-corrected chi connectivity index (χ0v) is 21.7. The molecule has 0 bridgehead atoms. The van der Waals surface area contributed by atoms with Crippen LogP contribution in [0.3, 0.4) is 0 Å². The van der Waals surface area contributed by atoms with E-state index in [4.69, 9.17) is 0 Å². The summed E-state index contributed by atoms with van der Waals surface area (Å²) in [7, 11) is 5.52. The Balaban J connectivity index is 1.63. The Kier molecular flexibility index (Phi) is 10.2. The second kappa shape index (κ2) is 14.0. The summed E-state index contributed by atoms with van der Waals surface area (Å²) in [5.41, 5.74) is 3.92. The highest BCUT2D eigenvalue weighted by molar-refractivity contribution is 6.09. The third-order valence-electron chi connectivity index (χ3n) is 5.21. The summed E-state index contributed by atoms with van der Waals surface area (Å²) in [6.45, 7) is 4.32. The van der Waals surface area contributed by atoms with Gasteiger partial charge in [-0.25, -0.2) is 0 Å². The molecule has 0 aliphatic rings. The van der Waals surface area contributed by atoms with Gasteiger partial charge in [0.25, 0.3) is 5.91 Å². The van der Waals surface area contributed by atoms with E-state index in [0.29, 0.717) is 35.0 Å². The zero-order chi connectivity index (χ0) is 27.3. The number of nitrogens with zero attached hydrogens (tertiary/aromatic N) is 4. The normalized spacial score (nSPS) is 11.9. The van der Waals surface area contributed by atoms with Gasteiger partial charge in [0.2, 0.25) is 5.91 Å². The summed E-state index contributed by atoms with van der Waals surface area (Å²) >= 11 is 0. The van der Waals surface area contributed by atoms with Crippen molar-refractivity contribution in [1.29, 1.82) is 0 Å². The van der Waals surface area contributed by atoms with E-state index < -0.39 is 0 Å². The van der Waals surface area contributed by atoms with Gasteiger partial charge in [-0.2, -0.15) is 0 Å². The summed E-state index contributed by atoms with van der Waals surface area (Å²) in [6, 6.07) is 17.7. The Morgan fingerprint density at radius 2 is 1.61 bits per heavy atom. The van der Waals surface area contributed by atoms with E-state index in [2.05, 4.69) is 37.6 Å². The number of pyridine rings is 1. The predicted octanol–water partition coefficient (Wildman–Crippen LogP) is 4.57. The smallest absolute Gasteiger partial charge is 0.255 e. The Hall–Kier alpha value is -4.89. The average Bonchev–Trinajstić information content (AvgIpc) is 2.92. The number of hydrogen-bond donors (Lipinski definition) is 3. The number of amidine groups is 1. The number of benzene rings is 2. The molecule has 0 unspecified atom stereocenters. The van der Waals surface area contributed by atoms with Crippen molar-refractivity contribution in [2.75, 3.05) is 43.6 Å². The fourth-order valence-electron chi connectivity index (χ4n) is 3.31. The summed E-state index contributed by atoms with van der Waals surface area (Å²) < 4.78 is 0. The number of likely N-dealkylation sites (N-methyl/N-ethyl adjacent to an activating group) is 1. The van der Waals surface area contributed by atoms with Crippen LogP contribution in [0.25, 0.3) is 5.70 Å². The maximum Gasteiger partial charge on any atom is 0.255 e. The van der Waals surface area contributed by atoms with Gasteiger partial charge in [0.05, 0.1) is 5.70 Å². The number of amides is 2. The number of anilines is 3. The standard InChI is InChI=1S/C29H31N7O2/c1-30-26(21-14-16-32-17-15-21)20-27(31-2)33-24-7-5-8-25(19-24)35-29(38)22-10-12-23(13-11-22)34-28(37)9-6-18-36(3)4/h5-17,19-20H,1,18H2,2-4H3,(H,31,33)(H,34,37)(H,35,38)/b9-6+,26-20-. The van der Waals surface area contributed by atoms with Gasteiger partial charge in [-0.3, -0.25) is 24.6 Å². The largest absolute Gasteiger partial charge is 0.340 e. The molecule has 0 aliphatic heterocycles. The number of carbonyl (C=O) groups excluding carboxylic acids is 2. The molecule has 3 N–H and O–H groups in total. The van der Waals surface area contributed by atoms with Crippen molar-refractivity contribution in [1.82, 2.24) is 9.88 Å². The van der Waals surface area contributed by atoms with Crippen molar-refractivity contribution in [2.24, 2.45) is 9.98 Å². The third kappa shape index (κ3) is 8.65. The molecular weight excluding hydrogens is 478 g/mol. The molecule has 9 heteroatoms. The van der Waals surface area contributed by atoms with Crippen LogP contribution in [0.2, 0.25) is 0 Å². The monoisotopic (exact) mass is 509 g/mol. The SMILES string of the molecule is C=N/C(=C\C(=N/C)Nc1cccc(NC(=O)c2ccc(NC(=O)/C=C/CN(C)C)cc2)c1)c1ccncc1. The molecule has 1 aromatic heterocycles. The number of rotatable bonds is 10. The first-order valence-corrected chi connectivity index (χ1v) is 11.8. The van der Waals surface area contributed by atoms with Crippen LogP contribution in [0.5, 0.6) is 0 Å². The van der Waals surface area contributed by atoms with Crippen LogP contribution in [0, 0.1) is 0 Å². The van der Waals surface area contributed by atoms with E-state index in [-0.39, 0.29) is 11.8 Å². The minimum atomic E-state index is -0.272. The van der Waals surface area contributed by atoms with Gasteiger partial charge >= 0.3 is 0 Å². The van der Waals surface area contributed by atoms with E-state index in [1.165, 1.54) is 6.08 Å². The topological polar surface area (TPSA) is 111 Å². The Morgan fingerprint density at radius 1 is 0.921 bits per heavy atom. The van der Waals surface area contributed by atoms with Crippen LogP contribution in [0.15, 0.2) is 101 Å². The summed E-state index contributed by atoms with van der Waals surface area (Å²) in [4.78, 5) is 39.2. The van der Waals surface area contributed by atoms with Crippen LogP contribution in [0.1, 0.15) is 15.9 Å². The highest BCUT2D eigenvalue weighted by atomic mass is 16.2. The van der Waals surface area contributed by atoms with Crippen molar-refractivity contribution in [3.05, 3.63) is 102 Å². The Bertz CT molecular complexity index is 1340. The molecule has 2 amide bonds. The molecule has 0 saturated carbocycles. The van der Waals surface area contributed by atoms with E-state index in [0.717, 1.165) is 11.3 Å². The van der Waals surface area contributed by atoms with E-state index in [9.17, 15) is 9.59 Å².